The molecule has 0 aromatic heterocycles. The lowest BCUT2D eigenvalue weighted by Crippen LogP contribution is -2.54. The molecule has 1 atom stereocenters. The second-order valence-corrected chi connectivity index (χ2v) is 5.35. The lowest BCUT2D eigenvalue weighted by molar-refractivity contribution is -0.136. The Labute approximate surface area is 132 Å². The molecule has 2 fully saturated rings. The third kappa shape index (κ3) is 5.83. The van der Waals surface area contributed by atoms with Crippen molar-refractivity contribution in [1.82, 2.24) is 9.80 Å². The van der Waals surface area contributed by atoms with Crippen molar-refractivity contribution in [2.75, 3.05) is 32.7 Å². The van der Waals surface area contributed by atoms with E-state index in [0.29, 0.717) is 13.1 Å². The molecule has 1 aliphatic carbocycles. The topological polar surface area (TPSA) is 92.7 Å². The summed E-state index contributed by atoms with van der Waals surface area (Å²) in [6.07, 6.45) is 2.63. The molecule has 1 saturated carbocycles. The molecule has 0 spiro atoms. The van der Waals surface area contributed by atoms with E-state index >= 15 is 0 Å². The van der Waals surface area contributed by atoms with Crippen molar-refractivity contribution < 1.29 is 9.59 Å². The van der Waals surface area contributed by atoms with Crippen LogP contribution in [-0.2, 0) is 9.59 Å². The normalized spacial score (nSPS) is 20.6. The Balaban J connectivity index is 0.00000180. The van der Waals surface area contributed by atoms with Crippen LogP contribution in [0.4, 0.5) is 0 Å². The first-order valence-electron chi connectivity index (χ1n) is 6.61. The highest BCUT2D eigenvalue weighted by Gasteiger charge is 2.29. The quantitative estimate of drug-likeness (QED) is 0.718. The van der Waals surface area contributed by atoms with Gasteiger partial charge in [-0.25, -0.2) is 0 Å². The van der Waals surface area contributed by atoms with Gasteiger partial charge in [0, 0.05) is 32.7 Å². The highest BCUT2D eigenvalue weighted by atomic mass is 35.5. The summed E-state index contributed by atoms with van der Waals surface area (Å²) in [5, 5.41) is 0. The van der Waals surface area contributed by atoms with Crippen LogP contribution < -0.4 is 11.5 Å². The number of carbonyl (C=O) groups is 2. The summed E-state index contributed by atoms with van der Waals surface area (Å²) >= 11 is 0. The molecule has 0 bridgehead atoms. The molecule has 118 valence electrons. The Morgan fingerprint density at radius 3 is 2.10 bits per heavy atom. The molecule has 1 unspecified atom stereocenters. The average Bonchev–Trinajstić information content (AvgIpc) is 3.12. The van der Waals surface area contributed by atoms with Crippen molar-refractivity contribution in [3.8, 4) is 0 Å². The van der Waals surface area contributed by atoms with Gasteiger partial charge < -0.3 is 16.4 Å². The standard InChI is InChI=1S/C12H22N4O2.2ClH/c13-10(7-11(14)17)12(18)16-5-3-15(4-6-16)8-9-1-2-9;;/h9-10H,1-8,13H2,(H2,14,17);2*1H. The summed E-state index contributed by atoms with van der Waals surface area (Å²) in [5.41, 5.74) is 10.7. The number of rotatable bonds is 5. The van der Waals surface area contributed by atoms with E-state index in [0.717, 1.165) is 25.6 Å². The summed E-state index contributed by atoms with van der Waals surface area (Å²) < 4.78 is 0. The van der Waals surface area contributed by atoms with Crippen molar-refractivity contribution in [3.05, 3.63) is 0 Å². The number of nitrogens with two attached hydrogens (primary N) is 2. The van der Waals surface area contributed by atoms with Gasteiger partial charge in [-0.3, -0.25) is 14.5 Å². The van der Waals surface area contributed by atoms with Gasteiger partial charge in [-0.05, 0) is 18.8 Å². The van der Waals surface area contributed by atoms with Crippen LogP contribution in [0.3, 0.4) is 0 Å². The predicted octanol–water partition coefficient (Wildman–Crippen LogP) is -0.413. The van der Waals surface area contributed by atoms with Crippen LogP contribution in [0.15, 0.2) is 0 Å². The highest BCUT2D eigenvalue weighted by Crippen LogP contribution is 2.29. The first-order valence-corrected chi connectivity index (χ1v) is 6.61. The summed E-state index contributed by atoms with van der Waals surface area (Å²) in [6.45, 7) is 4.39. The van der Waals surface area contributed by atoms with Gasteiger partial charge in [0.05, 0.1) is 12.5 Å². The first kappa shape index (κ1) is 19.4. The van der Waals surface area contributed by atoms with Gasteiger partial charge in [0.2, 0.25) is 11.8 Å². The minimum atomic E-state index is -0.780. The summed E-state index contributed by atoms with van der Waals surface area (Å²) in [6, 6.07) is -0.780. The Bertz CT molecular complexity index is 331. The molecule has 0 radical (unpaired) electrons. The fourth-order valence-corrected chi connectivity index (χ4v) is 2.35. The molecule has 0 aromatic carbocycles. The fourth-order valence-electron chi connectivity index (χ4n) is 2.35. The minimum absolute atomic E-state index is 0. The largest absolute Gasteiger partial charge is 0.370 e. The first-order chi connectivity index (χ1) is 8.56. The molecule has 6 nitrogen and oxygen atoms in total. The van der Waals surface area contributed by atoms with E-state index in [9.17, 15) is 9.59 Å². The van der Waals surface area contributed by atoms with Gasteiger partial charge in [0.25, 0.3) is 0 Å². The van der Waals surface area contributed by atoms with E-state index in [4.69, 9.17) is 11.5 Å². The van der Waals surface area contributed by atoms with Crippen LogP contribution in [0.1, 0.15) is 19.3 Å². The van der Waals surface area contributed by atoms with Crippen molar-refractivity contribution in [2.45, 2.75) is 25.3 Å². The van der Waals surface area contributed by atoms with E-state index < -0.39 is 11.9 Å². The van der Waals surface area contributed by atoms with Crippen LogP contribution >= 0.6 is 24.8 Å². The number of primary amides is 1. The molecule has 4 N–H and O–H groups in total. The van der Waals surface area contributed by atoms with E-state index in [2.05, 4.69) is 4.90 Å². The Hall–Kier alpha value is -0.560. The second-order valence-electron chi connectivity index (χ2n) is 5.35. The van der Waals surface area contributed by atoms with E-state index in [1.165, 1.54) is 12.8 Å². The maximum atomic E-state index is 11.9. The van der Waals surface area contributed by atoms with E-state index in [1.807, 2.05) is 0 Å². The van der Waals surface area contributed by atoms with E-state index in [1.54, 1.807) is 4.90 Å². The number of hydrogen-bond acceptors (Lipinski definition) is 4. The number of piperazine rings is 1. The fraction of sp³-hybridized carbons (Fsp3) is 0.833. The maximum absolute atomic E-state index is 11.9. The van der Waals surface area contributed by atoms with Crippen molar-refractivity contribution in [3.63, 3.8) is 0 Å². The Morgan fingerprint density at radius 2 is 1.65 bits per heavy atom. The van der Waals surface area contributed by atoms with Crippen LogP contribution in [0.2, 0.25) is 0 Å². The number of halogens is 2. The Morgan fingerprint density at radius 1 is 1.10 bits per heavy atom. The smallest absolute Gasteiger partial charge is 0.240 e. The summed E-state index contributed by atoms with van der Waals surface area (Å²) in [7, 11) is 0. The van der Waals surface area contributed by atoms with Crippen molar-refractivity contribution >= 4 is 36.6 Å². The molecular formula is C12H24Cl2N4O2. The van der Waals surface area contributed by atoms with Gasteiger partial charge in [-0.2, -0.15) is 0 Å². The van der Waals surface area contributed by atoms with Gasteiger partial charge in [0.15, 0.2) is 0 Å². The molecule has 1 heterocycles. The number of hydrogen-bond donors (Lipinski definition) is 2. The minimum Gasteiger partial charge on any atom is -0.370 e. The molecule has 1 aliphatic heterocycles. The monoisotopic (exact) mass is 326 g/mol. The van der Waals surface area contributed by atoms with Gasteiger partial charge in [0.1, 0.15) is 0 Å². The van der Waals surface area contributed by atoms with Crippen LogP contribution in [-0.4, -0.2) is 60.4 Å². The molecule has 1 saturated heterocycles. The second kappa shape index (κ2) is 8.67. The zero-order valence-electron chi connectivity index (χ0n) is 11.5. The molecule has 2 rings (SSSR count). The van der Waals surface area contributed by atoms with Crippen molar-refractivity contribution in [2.24, 2.45) is 17.4 Å². The molecule has 0 aromatic rings. The molecule has 8 heteroatoms. The molecule has 2 amide bonds. The summed E-state index contributed by atoms with van der Waals surface area (Å²) in [5.74, 6) is 0.201. The lowest BCUT2D eigenvalue weighted by atomic mass is 10.1. The van der Waals surface area contributed by atoms with Crippen LogP contribution in [0, 0.1) is 5.92 Å². The lowest BCUT2D eigenvalue weighted by Gasteiger charge is -2.35. The highest BCUT2D eigenvalue weighted by molar-refractivity contribution is 5.87. The maximum Gasteiger partial charge on any atom is 0.240 e. The summed E-state index contributed by atoms with van der Waals surface area (Å²) in [4.78, 5) is 26.8. The zero-order valence-corrected chi connectivity index (χ0v) is 13.1. The third-order valence-corrected chi connectivity index (χ3v) is 3.64. The van der Waals surface area contributed by atoms with E-state index in [-0.39, 0.29) is 37.1 Å². The van der Waals surface area contributed by atoms with Gasteiger partial charge in [-0.1, -0.05) is 0 Å². The molecular weight excluding hydrogens is 303 g/mol. The Kier molecular flexibility index (Phi) is 8.42. The zero-order chi connectivity index (χ0) is 13.1. The average molecular weight is 327 g/mol. The van der Waals surface area contributed by atoms with Crippen LogP contribution in [0.25, 0.3) is 0 Å². The molecule has 20 heavy (non-hydrogen) atoms. The predicted molar refractivity (Wildman–Crippen MR) is 82.0 cm³/mol. The van der Waals surface area contributed by atoms with Crippen molar-refractivity contribution in [1.29, 1.82) is 0 Å². The number of carbonyl (C=O) groups excluding carboxylic acids is 2. The van der Waals surface area contributed by atoms with Gasteiger partial charge in [-0.15, -0.1) is 24.8 Å². The van der Waals surface area contributed by atoms with Crippen LogP contribution in [0.5, 0.6) is 0 Å². The number of nitrogens with zero attached hydrogens (tertiary/aromatic N) is 2. The van der Waals surface area contributed by atoms with Gasteiger partial charge >= 0.3 is 0 Å². The number of amides is 2. The SMILES string of the molecule is Cl.Cl.NC(=O)CC(N)C(=O)N1CCN(CC2CC2)CC1. The third-order valence-electron chi connectivity index (χ3n) is 3.64. The molecule has 2 aliphatic rings.